The van der Waals surface area contributed by atoms with Gasteiger partial charge in [-0.1, -0.05) is 16.9 Å². The summed E-state index contributed by atoms with van der Waals surface area (Å²) in [5.74, 6) is -4.80. The van der Waals surface area contributed by atoms with Crippen LogP contribution in [0.25, 0.3) is 0 Å². The van der Waals surface area contributed by atoms with E-state index in [0.717, 1.165) is 28.0 Å². The molecular formula is C29H38N8O11S3. The third-order valence-electron chi connectivity index (χ3n) is 6.61. The number of nitrogens with zero attached hydrogens (tertiary/aromatic N) is 6. The van der Waals surface area contributed by atoms with Gasteiger partial charge in [0.2, 0.25) is 6.79 Å². The van der Waals surface area contributed by atoms with Gasteiger partial charge in [0.05, 0.1) is 10.8 Å². The summed E-state index contributed by atoms with van der Waals surface area (Å²) < 4.78 is 11.2. The number of carbonyl (C=O) groups is 6. The number of thiazole rings is 1. The third-order valence-corrected chi connectivity index (χ3v) is 9.73. The summed E-state index contributed by atoms with van der Waals surface area (Å²) in [6.07, 6.45) is 0. The van der Waals surface area contributed by atoms with E-state index < -0.39 is 64.7 Å². The maximum absolute atomic E-state index is 13.1. The number of thioether (sulfide) groups is 2. The normalized spacial score (nSPS) is 17.4. The van der Waals surface area contributed by atoms with Crippen LogP contribution < -0.4 is 11.1 Å². The molecule has 0 spiro atoms. The number of nitrogens with one attached hydrogen (secondary N) is 1. The van der Waals surface area contributed by atoms with Crippen molar-refractivity contribution in [1.82, 2.24) is 30.0 Å². The highest BCUT2D eigenvalue weighted by molar-refractivity contribution is 8.01. The number of aromatic nitrogens is 4. The van der Waals surface area contributed by atoms with E-state index in [-0.39, 0.29) is 44.7 Å². The van der Waals surface area contributed by atoms with Crippen molar-refractivity contribution in [3.8, 4) is 0 Å². The second kappa shape index (κ2) is 16.5. The molecule has 0 aromatic carbocycles. The van der Waals surface area contributed by atoms with Crippen LogP contribution in [0.2, 0.25) is 0 Å². The first-order valence-electron chi connectivity index (χ1n) is 14.8. The van der Waals surface area contributed by atoms with Crippen LogP contribution in [0.1, 0.15) is 57.9 Å². The van der Waals surface area contributed by atoms with Crippen molar-refractivity contribution in [3.05, 3.63) is 28.2 Å². The van der Waals surface area contributed by atoms with Crippen molar-refractivity contribution >= 4 is 81.4 Å². The lowest BCUT2D eigenvalue weighted by Gasteiger charge is -2.49. The molecule has 1 fully saturated rings. The molecule has 0 bridgehead atoms. The second-order valence-corrected chi connectivity index (χ2v) is 15.7. The highest BCUT2D eigenvalue weighted by atomic mass is 32.2. The molecule has 278 valence electrons. The fraction of sp³-hybridized carbons (Fsp3) is 0.517. The van der Waals surface area contributed by atoms with E-state index in [4.69, 9.17) is 25.2 Å². The van der Waals surface area contributed by atoms with E-state index >= 15 is 0 Å². The highest BCUT2D eigenvalue weighted by Crippen LogP contribution is 2.41. The Labute approximate surface area is 304 Å². The summed E-state index contributed by atoms with van der Waals surface area (Å²) in [7, 11) is 2.79. The molecule has 19 nitrogen and oxygen atoms in total. The van der Waals surface area contributed by atoms with E-state index in [0.29, 0.717) is 5.57 Å². The predicted octanol–water partition coefficient (Wildman–Crippen LogP) is 1.56. The molecule has 2 aromatic heterocycles. The minimum absolute atomic E-state index is 0.113. The van der Waals surface area contributed by atoms with Crippen LogP contribution in [-0.2, 0) is 45.3 Å². The topological polar surface area (TPSA) is 268 Å². The van der Waals surface area contributed by atoms with Crippen LogP contribution in [0.5, 0.6) is 0 Å². The first-order valence-corrected chi connectivity index (χ1v) is 17.7. The van der Waals surface area contributed by atoms with E-state index in [1.165, 1.54) is 36.0 Å². The molecule has 0 unspecified atom stereocenters. The number of anilines is 1. The molecule has 4 heterocycles. The van der Waals surface area contributed by atoms with Crippen LogP contribution in [0.3, 0.4) is 0 Å². The van der Waals surface area contributed by atoms with Crippen molar-refractivity contribution < 1.29 is 53.3 Å². The van der Waals surface area contributed by atoms with Crippen LogP contribution in [0.15, 0.2) is 27.0 Å². The van der Waals surface area contributed by atoms with Gasteiger partial charge >= 0.3 is 23.9 Å². The lowest BCUT2D eigenvalue weighted by Crippen LogP contribution is -2.71. The van der Waals surface area contributed by atoms with Gasteiger partial charge in [0.15, 0.2) is 16.0 Å². The number of carboxylic acids is 2. The van der Waals surface area contributed by atoms with Gasteiger partial charge in [-0.2, -0.15) is 4.98 Å². The molecule has 2 aliphatic rings. The maximum Gasteiger partial charge on any atom is 0.381 e. The molecule has 0 aliphatic carbocycles. The minimum atomic E-state index is -1.31. The number of carboxylic acid groups (broad SMARTS) is 2. The average Bonchev–Trinajstić information content (AvgIpc) is 3.64. The number of oxime groups is 1. The Bertz CT molecular complexity index is 1760. The number of hydrogen-bond donors (Lipinski definition) is 4. The zero-order valence-corrected chi connectivity index (χ0v) is 31.4. The van der Waals surface area contributed by atoms with E-state index in [1.54, 1.807) is 41.5 Å². The number of β-lactam (4-membered cyclic amide) rings is 1. The van der Waals surface area contributed by atoms with E-state index in [9.17, 15) is 33.9 Å². The van der Waals surface area contributed by atoms with Gasteiger partial charge in [0.1, 0.15) is 29.9 Å². The Balaban J connectivity index is 0.000000908. The Hall–Kier alpha value is -4.70. The lowest BCUT2D eigenvalue weighted by atomic mass is 9.98. The molecule has 2 aromatic rings. The average molecular weight is 771 g/mol. The number of hydrogen-bond acceptors (Lipinski definition) is 17. The molecule has 22 heteroatoms. The molecule has 1 saturated heterocycles. The molecule has 2 amide bonds. The van der Waals surface area contributed by atoms with Crippen LogP contribution in [0.4, 0.5) is 5.13 Å². The van der Waals surface area contributed by atoms with Crippen LogP contribution >= 0.6 is 34.9 Å². The van der Waals surface area contributed by atoms with Crippen molar-refractivity contribution in [2.75, 3.05) is 31.1 Å². The van der Waals surface area contributed by atoms with Gasteiger partial charge in [-0.3, -0.25) is 24.1 Å². The molecule has 4 rings (SSSR count). The molecular weight excluding hydrogens is 733 g/mol. The number of rotatable bonds is 11. The zero-order chi connectivity index (χ0) is 38.4. The van der Waals surface area contributed by atoms with Crippen molar-refractivity contribution in [2.45, 2.75) is 58.1 Å². The lowest BCUT2D eigenvalue weighted by molar-refractivity contribution is -0.161. The molecule has 2 atom stereocenters. The quantitative estimate of drug-likeness (QED) is 0.0630. The van der Waals surface area contributed by atoms with Gasteiger partial charge < -0.3 is 35.6 Å². The van der Waals surface area contributed by atoms with Crippen molar-refractivity contribution in [3.63, 3.8) is 0 Å². The minimum Gasteiger partial charge on any atom is -0.481 e. The third kappa shape index (κ3) is 10.2. The fourth-order valence-corrected chi connectivity index (χ4v) is 6.79. The summed E-state index contributed by atoms with van der Waals surface area (Å²) >= 11 is 3.48. The smallest absolute Gasteiger partial charge is 0.381 e. The number of nitrogens with two attached hydrogens (primary N) is 1. The number of esters is 2. The number of fused-ring (bicyclic) bond motifs is 1. The summed E-state index contributed by atoms with van der Waals surface area (Å²) in [5.41, 5.74) is 4.52. The number of aryl methyl sites for hydroxylation is 1. The van der Waals surface area contributed by atoms with E-state index in [2.05, 4.69) is 25.5 Å². The summed E-state index contributed by atoms with van der Waals surface area (Å²) in [5, 5.41) is 29.9. The van der Waals surface area contributed by atoms with Gasteiger partial charge in [0, 0.05) is 23.9 Å². The van der Waals surface area contributed by atoms with Crippen molar-refractivity contribution in [2.24, 2.45) is 23.0 Å². The number of carbonyl (C=O) groups excluding carboxylic acids is 4. The monoisotopic (exact) mass is 770 g/mol. The highest BCUT2D eigenvalue weighted by Gasteiger charge is 2.54. The SMILES string of the molecule is CC(C)(C)C(=O)O.CON=C(C(=O)N[C@@H]1C(=O)N2C(C(=O)O)=C(CSc3nc(C(=O)OCOC(=O)C(C)(C)C)nn3C)CS[C@H]12)c1csc(N)n1. The zero-order valence-electron chi connectivity index (χ0n) is 28.9. The molecule has 5 N–H and O–H groups in total. The number of aliphatic carboxylic acids is 2. The molecule has 0 saturated carbocycles. The predicted molar refractivity (Wildman–Crippen MR) is 184 cm³/mol. The van der Waals surface area contributed by atoms with E-state index in [1.807, 2.05) is 0 Å². The molecule has 2 aliphatic heterocycles. The second-order valence-electron chi connectivity index (χ2n) is 12.7. The number of amides is 2. The first kappa shape index (κ1) is 40.7. The van der Waals surface area contributed by atoms with Gasteiger partial charge in [-0.25, -0.2) is 19.3 Å². The van der Waals surface area contributed by atoms with Crippen LogP contribution in [0, 0.1) is 10.8 Å². The Morgan fingerprint density at radius 2 is 1.75 bits per heavy atom. The largest absolute Gasteiger partial charge is 0.481 e. The molecule has 0 radical (unpaired) electrons. The number of nitrogen functional groups attached to an aromatic ring is 1. The Morgan fingerprint density at radius 1 is 1.10 bits per heavy atom. The Kier molecular flexibility index (Phi) is 13.2. The van der Waals surface area contributed by atoms with Gasteiger partial charge in [-0.05, 0) is 47.1 Å². The van der Waals surface area contributed by atoms with Gasteiger partial charge in [-0.15, -0.1) is 28.2 Å². The summed E-state index contributed by atoms with van der Waals surface area (Å²) in [4.78, 5) is 86.5. The standard InChI is InChI=1S/C24H28N8O9S3.C5H10O2/c1-24(2,3)21(38)41-9-40-20(37)15-28-23(31(4)29-15)44-7-10-6-42-18-13(17(34)32(18)14(10)19(35)36)27-16(33)12(30-39-5)11-8-43-22(25)26-11;1-5(2,3)4(6)7/h8,13,18H,6-7,9H2,1-5H3,(H2,25,26)(H,27,33)(H,35,36);1-3H3,(H,6,7)/t13-,18-;/m1./s1. The van der Waals surface area contributed by atoms with Gasteiger partial charge in [0.25, 0.3) is 17.6 Å². The maximum atomic E-state index is 13.1. The first-order chi connectivity index (χ1) is 23.7. The van der Waals surface area contributed by atoms with Crippen molar-refractivity contribution in [1.29, 1.82) is 0 Å². The Morgan fingerprint density at radius 3 is 2.27 bits per heavy atom. The summed E-state index contributed by atoms with van der Waals surface area (Å²) in [6.45, 7) is 9.35. The van der Waals surface area contributed by atoms with Crippen LogP contribution in [-0.4, -0.2) is 113 Å². The molecule has 51 heavy (non-hydrogen) atoms. The number of ether oxygens (including phenoxy) is 2. The fourth-order valence-electron chi connectivity index (χ4n) is 3.85. The summed E-state index contributed by atoms with van der Waals surface area (Å²) in [6, 6.07) is -1.01.